The lowest BCUT2D eigenvalue weighted by molar-refractivity contribution is -0.384. The molecule has 1 unspecified atom stereocenters. The Morgan fingerprint density at radius 3 is 2.34 bits per heavy atom. The van der Waals surface area contributed by atoms with Gasteiger partial charge in [-0.1, -0.05) is 86.8 Å². The van der Waals surface area contributed by atoms with E-state index in [4.69, 9.17) is 0 Å². The second-order valence-electron chi connectivity index (χ2n) is 9.84. The van der Waals surface area contributed by atoms with Gasteiger partial charge in [-0.3, -0.25) is 19.5 Å². The third kappa shape index (κ3) is 8.72. The zero-order valence-electron chi connectivity index (χ0n) is 23.0. The number of hydrogen-bond acceptors (Lipinski definition) is 6. The Kier molecular flexibility index (Phi) is 11.0. The number of carbonyl (C=O) groups excluding carboxylic acids is 1. The lowest BCUT2D eigenvalue weighted by atomic mass is 10.0. The van der Waals surface area contributed by atoms with Crippen LogP contribution in [0.15, 0.2) is 84.0 Å². The molecule has 0 fully saturated rings. The maximum atomic E-state index is 13.4. The van der Waals surface area contributed by atoms with Crippen LogP contribution in [0, 0.1) is 15.9 Å². The number of halogens is 1. The van der Waals surface area contributed by atoms with E-state index in [-0.39, 0.29) is 17.4 Å². The molecule has 8 nitrogen and oxygen atoms in total. The molecule has 0 saturated heterocycles. The van der Waals surface area contributed by atoms with Crippen molar-refractivity contribution in [2.45, 2.75) is 68.8 Å². The van der Waals surface area contributed by atoms with E-state index in [0.29, 0.717) is 35.3 Å². The quantitative estimate of drug-likeness (QED) is 0.0687. The van der Waals surface area contributed by atoms with Gasteiger partial charge in [-0.2, -0.15) is 0 Å². The maximum absolute atomic E-state index is 13.4. The summed E-state index contributed by atoms with van der Waals surface area (Å²) in [5.41, 5.74) is 2.55. The van der Waals surface area contributed by atoms with Crippen molar-refractivity contribution < 1.29 is 14.1 Å². The minimum atomic E-state index is -0.483. The summed E-state index contributed by atoms with van der Waals surface area (Å²) < 4.78 is 15.3. The number of nitrogens with one attached hydrogen (secondary N) is 1. The number of amides is 1. The molecule has 1 aromatic heterocycles. The summed E-state index contributed by atoms with van der Waals surface area (Å²) in [6.45, 7) is 2.16. The normalized spacial score (nSPS) is 11.8. The van der Waals surface area contributed by atoms with Gasteiger partial charge in [0.05, 0.1) is 11.0 Å². The smallest absolute Gasteiger partial charge is 0.269 e. The molecule has 0 aliphatic carbocycles. The Morgan fingerprint density at radius 1 is 0.951 bits per heavy atom. The topological polar surface area (TPSA) is 103 Å². The number of thioether (sulfide) groups is 1. The molecular formula is C31H34FN5O3S. The number of nitro benzene ring substituents is 1. The number of nitro groups is 1. The molecule has 4 aromatic rings. The van der Waals surface area contributed by atoms with Crippen molar-refractivity contribution in [3.8, 4) is 5.69 Å². The van der Waals surface area contributed by atoms with Crippen molar-refractivity contribution in [1.82, 2.24) is 20.1 Å². The fourth-order valence-corrected chi connectivity index (χ4v) is 5.42. The first kappa shape index (κ1) is 29.9. The number of carbonyl (C=O) groups is 1. The highest BCUT2D eigenvalue weighted by Crippen LogP contribution is 2.30. The minimum absolute atomic E-state index is 0.0268. The second kappa shape index (κ2) is 15.1. The van der Waals surface area contributed by atoms with E-state index in [0.717, 1.165) is 43.2 Å². The van der Waals surface area contributed by atoms with Gasteiger partial charge < -0.3 is 5.32 Å². The van der Waals surface area contributed by atoms with Gasteiger partial charge in [-0.15, -0.1) is 10.2 Å². The Balaban J connectivity index is 1.65. The lowest BCUT2D eigenvalue weighted by Gasteiger charge is -2.20. The van der Waals surface area contributed by atoms with Crippen LogP contribution >= 0.6 is 11.8 Å². The van der Waals surface area contributed by atoms with Crippen molar-refractivity contribution in [2.75, 3.05) is 0 Å². The first-order valence-corrected chi connectivity index (χ1v) is 14.8. The number of nitrogens with zero attached hydrogens (tertiary/aromatic N) is 4. The standard InChI is InChI=1S/C31H34FN5O3S/c1-2-3-4-5-9-12-29(38)33-28(21-23-10-7-6-8-11-23)30-34-35-31(41-22-24-13-15-25(32)16-14-24)36(30)26-17-19-27(20-18-26)37(39)40/h6-8,10-11,13-20,28H,2-5,9,12,21-22H2,1H3,(H,33,38). The summed E-state index contributed by atoms with van der Waals surface area (Å²) in [6.07, 6.45) is 6.16. The molecule has 4 rings (SSSR count). The molecule has 0 aliphatic heterocycles. The van der Waals surface area contributed by atoms with Gasteiger partial charge in [0.2, 0.25) is 5.91 Å². The van der Waals surface area contributed by atoms with Crippen LogP contribution in [-0.4, -0.2) is 25.6 Å². The van der Waals surface area contributed by atoms with Gasteiger partial charge in [0.25, 0.3) is 5.69 Å². The van der Waals surface area contributed by atoms with E-state index in [1.807, 2.05) is 34.9 Å². The van der Waals surface area contributed by atoms with Crippen LogP contribution in [0.25, 0.3) is 5.69 Å². The molecular weight excluding hydrogens is 541 g/mol. The average Bonchev–Trinajstić information content (AvgIpc) is 3.41. The Labute approximate surface area is 243 Å². The first-order chi connectivity index (χ1) is 19.9. The monoisotopic (exact) mass is 575 g/mol. The second-order valence-corrected chi connectivity index (χ2v) is 10.8. The van der Waals surface area contributed by atoms with E-state index in [1.165, 1.54) is 36.0 Å². The SMILES string of the molecule is CCCCCCCC(=O)NC(Cc1ccccc1)c1nnc(SCc2ccc(F)cc2)n1-c1ccc([N+](=O)[O-])cc1. The van der Waals surface area contributed by atoms with Crippen molar-refractivity contribution in [1.29, 1.82) is 0 Å². The summed E-state index contributed by atoms with van der Waals surface area (Å²) in [4.78, 5) is 23.9. The number of benzene rings is 3. The molecule has 1 atom stereocenters. The van der Waals surface area contributed by atoms with Crippen LogP contribution in [0.1, 0.15) is 68.4 Å². The first-order valence-electron chi connectivity index (χ1n) is 13.8. The van der Waals surface area contributed by atoms with Crippen molar-refractivity contribution >= 4 is 23.4 Å². The molecule has 10 heteroatoms. The van der Waals surface area contributed by atoms with E-state index in [1.54, 1.807) is 24.3 Å². The molecule has 0 aliphatic rings. The summed E-state index contributed by atoms with van der Waals surface area (Å²) in [5, 5.41) is 24.0. The zero-order chi connectivity index (χ0) is 29.0. The van der Waals surface area contributed by atoms with E-state index in [2.05, 4.69) is 22.4 Å². The van der Waals surface area contributed by atoms with Crippen molar-refractivity contribution in [3.63, 3.8) is 0 Å². The Bertz CT molecular complexity index is 1410. The molecule has 0 spiro atoms. The predicted octanol–water partition coefficient (Wildman–Crippen LogP) is 7.37. The van der Waals surface area contributed by atoms with Gasteiger partial charge in [0.1, 0.15) is 5.82 Å². The largest absolute Gasteiger partial charge is 0.346 e. The van der Waals surface area contributed by atoms with Crippen LogP contribution in [0.5, 0.6) is 0 Å². The van der Waals surface area contributed by atoms with Crippen molar-refractivity contribution in [3.05, 3.63) is 112 Å². The highest BCUT2D eigenvalue weighted by atomic mass is 32.2. The molecule has 1 N–H and O–H groups in total. The van der Waals surface area contributed by atoms with Crippen LogP contribution in [0.3, 0.4) is 0 Å². The number of rotatable bonds is 15. The van der Waals surface area contributed by atoms with Crippen LogP contribution in [-0.2, 0) is 17.0 Å². The number of hydrogen-bond donors (Lipinski definition) is 1. The Morgan fingerprint density at radius 2 is 1.66 bits per heavy atom. The summed E-state index contributed by atoms with van der Waals surface area (Å²) in [5.74, 6) is 0.684. The molecule has 0 radical (unpaired) electrons. The number of non-ortho nitro benzene ring substituents is 1. The molecule has 0 saturated carbocycles. The van der Waals surface area contributed by atoms with Gasteiger partial charge in [0, 0.05) is 30.0 Å². The molecule has 3 aromatic carbocycles. The molecule has 1 amide bonds. The summed E-state index contributed by atoms with van der Waals surface area (Å²) in [6, 6.07) is 21.8. The third-order valence-corrected chi connectivity index (χ3v) is 7.70. The van der Waals surface area contributed by atoms with Crippen LogP contribution in [0.2, 0.25) is 0 Å². The summed E-state index contributed by atoms with van der Waals surface area (Å²) >= 11 is 1.42. The van der Waals surface area contributed by atoms with Crippen molar-refractivity contribution in [2.24, 2.45) is 0 Å². The Hall–Kier alpha value is -4.05. The highest BCUT2D eigenvalue weighted by molar-refractivity contribution is 7.98. The van der Waals surface area contributed by atoms with E-state index < -0.39 is 11.0 Å². The highest BCUT2D eigenvalue weighted by Gasteiger charge is 2.25. The summed E-state index contributed by atoms with van der Waals surface area (Å²) in [7, 11) is 0. The lowest BCUT2D eigenvalue weighted by Crippen LogP contribution is -2.31. The third-order valence-electron chi connectivity index (χ3n) is 6.70. The fraction of sp³-hybridized carbons (Fsp3) is 0.323. The van der Waals surface area contributed by atoms with Crippen LogP contribution in [0.4, 0.5) is 10.1 Å². The molecule has 41 heavy (non-hydrogen) atoms. The predicted molar refractivity (Wildman–Crippen MR) is 158 cm³/mol. The average molecular weight is 576 g/mol. The minimum Gasteiger partial charge on any atom is -0.346 e. The van der Waals surface area contributed by atoms with Crippen LogP contribution < -0.4 is 5.32 Å². The molecule has 0 bridgehead atoms. The number of aromatic nitrogens is 3. The van der Waals surface area contributed by atoms with Gasteiger partial charge >= 0.3 is 0 Å². The maximum Gasteiger partial charge on any atom is 0.269 e. The fourth-order valence-electron chi connectivity index (χ4n) is 4.51. The van der Waals surface area contributed by atoms with E-state index in [9.17, 15) is 19.3 Å². The van der Waals surface area contributed by atoms with E-state index >= 15 is 0 Å². The van der Waals surface area contributed by atoms with Gasteiger partial charge in [-0.05, 0) is 48.2 Å². The zero-order valence-corrected chi connectivity index (χ0v) is 23.9. The molecule has 1 heterocycles. The number of unbranched alkanes of at least 4 members (excludes halogenated alkanes) is 4. The van der Waals surface area contributed by atoms with Gasteiger partial charge in [-0.25, -0.2) is 4.39 Å². The molecule has 214 valence electrons. The van der Waals surface area contributed by atoms with Gasteiger partial charge in [0.15, 0.2) is 11.0 Å².